The van der Waals surface area contributed by atoms with Gasteiger partial charge in [0.2, 0.25) is 12.7 Å². The van der Waals surface area contributed by atoms with Crippen molar-refractivity contribution in [2.75, 3.05) is 17.8 Å². The zero-order valence-electron chi connectivity index (χ0n) is 11.9. The van der Waals surface area contributed by atoms with Gasteiger partial charge in [0.1, 0.15) is 5.82 Å². The van der Waals surface area contributed by atoms with Gasteiger partial charge in [-0.05, 0) is 38.1 Å². The quantitative estimate of drug-likeness (QED) is 0.900. The van der Waals surface area contributed by atoms with Crippen LogP contribution in [0.1, 0.15) is 13.8 Å². The molecule has 0 atom stereocenters. The third kappa shape index (κ3) is 2.94. The van der Waals surface area contributed by atoms with Gasteiger partial charge in [-0.3, -0.25) is 0 Å². The Bertz CT molecular complexity index is 659. The Hall–Kier alpha value is -2.63. The van der Waals surface area contributed by atoms with Gasteiger partial charge >= 0.3 is 0 Å². The third-order valence-electron chi connectivity index (χ3n) is 2.88. The fourth-order valence-electron chi connectivity index (χ4n) is 1.96. The van der Waals surface area contributed by atoms with Crippen molar-refractivity contribution in [2.24, 2.45) is 0 Å². The molecule has 2 heterocycles. The molecule has 0 aliphatic carbocycles. The highest BCUT2D eigenvalue weighted by Crippen LogP contribution is 2.35. The summed E-state index contributed by atoms with van der Waals surface area (Å²) in [6, 6.07) is 9.18. The third-order valence-corrected chi connectivity index (χ3v) is 2.88. The van der Waals surface area contributed by atoms with Crippen LogP contribution >= 0.6 is 0 Å². The van der Waals surface area contributed by atoms with Crippen molar-refractivity contribution in [3.05, 3.63) is 30.3 Å². The Morgan fingerprint density at radius 1 is 1.19 bits per heavy atom. The molecule has 1 aromatic carbocycles. The molecule has 1 aromatic heterocycles. The highest BCUT2D eigenvalue weighted by atomic mass is 16.7. The van der Waals surface area contributed by atoms with Gasteiger partial charge in [-0.15, -0.1) is 0 Å². The Morgan fingerprint density at radius 2 is 2.00 bits per heavy atom. The van der Waals surface area contributed by atoms with Crippen LogP contribution in [0.25, 0.3) is 0 Å². The molecule has 0 bridgehead atoms. The molecule has 6 heteroatoms. The number of hydrogen-bond acceptors (Lipinski definition) is 6. The number of nitrogens with two attached hydrogens (primary N) is 1. The predicted octanol–water partition coefficient (Wildman–Crippen LogP) is 2.92. The summed E-state index contributed by atoms with van der Waals surface area (Å²) in [6.07, 6.45) is 0.0144. The van der Waals surface area contributed by atoms with Crippen molar-refractivity contribution in [1.29, 1.82) is 0 Å². The molecule has 0 radical (unpaired) electrons. The SMILES string of the molecule is CC(C)Oc1nc(Nc2ccc3c(c2)OCO3)ccc1N. The average Bonchev–Trinajstić information content (AvgIpc) is 2.89. The van der Waals surface area contributed by atoms with Crippen LogP contribution in [0, 0.1) is 0 Å². The standard InChI is InChI=1S/C15H17N3O3/c1-9(2)21-15-11(16)4-6-14(18-15)17-10-3-5-12-13(7-10)20-8-19-12/h3-7,9H,8,16H2,1-2H3,(H,17,18). The molecule has 2 aromatic rings. The van der Waals surface area contributed by atoms with Crippen LogP contribution in [-0.4, -0.2) is 17.9 Å². The average molecular weight is 287 g/mol. The summed E-state index contributed by atoms with van der Waals surface area (Å²) < 4.78 is 16.2. The fourth-order valence-corrected chi connectivity index (χ4v) is 1.96. The molecule has 3 rings (SSSR count). The first-order chi connectivity index (χ1) is 10.1. The van der Waals surface area contributed by atoms with E-state index in [0.717, 1.165) is 11.4 Å². The first-order valence-corrected chi connectivity index (χ1v) is 6.71. The smallest absolute Gasteiger partial charge is 0.239 e. The maximum Gasteiger partial charge on any atom is 0.239 e. The van der Waals surface area contributed by atoms with Crippen LogP contribution in [0.4, 0.5) is 17.2 Å². The van der Waals surface area contributed by atoms with E-state index in [1.807, 2.05) is 32.0 Å². The number of aromatic nitrogens is 1. The van der Waals surface area contributed by atoms with Crippen molar-refractivity contribution >= 4 is 17.2 Å². The zero-order chi connectivity index (χ0) is 14.8. The molecule has 21 heavy (non-hydrogen) atoms. The van der Waals surface area contributed by atoms with E-state index in [-0.39, 0.29) is 12.9 Å². The van der Waals surface area contributed by atoms with E-state index in [0.29, 0.717) is 23.1 Å². The Morgan fingerprint density at radius 3 is 2.81 bits per heavy atom. The van der Waals surface area contributed by atoms with Crippen molar-refractivity contribution in [3.63, 3.8) is 0 Å². The highest BCUT2D eigenvalue weighted by molar-refractivity contribution is 5.64. The van der Waals surface area contributed by atoms with Crippen LogP contribution < -0.4 is 25.3 Å². The first-order valence-electron chi connectivity index (χ1n) is 6.71. The highest BCUT2D eigenvalue weighted by Gasteiger charge is 2.13. The van der Waals surface area contributed by atoms with Crippen molar-refractivity contribution in [2.45, 2.75) is 20.0 Å². The zero-order valence-corrected chi connectivity index (χ0v) is 11.9. The number of rotatable bonds is 4. The molecule has 3 N–H and O–H groups in total. The molecular formula is C15H17N3O3. The number of ether oxygens (including phenoxy) is 3. The summed E-state index contributed by atoms with van der Waals surface area (Å²) in [6.45, 7) is 4.11. The van der Waals surface area contributed by atoms with Crippen molar-refractivity contribution in [3.8, 4) is 17.4 Å². The molecule has 1 aliphatic rings. The molecule has 0 saturated heterocycles. The lowest BCUT2D eigenvalue weighted by Crippen LogP contribution is -2.09. The van der Waals surface area contributed by atoms with Gasteiger partial charge in [0.15, 0.2) is 11.5 Å². The Kier molecular flexibility index (Phi) is 3.43. The van der Waals surface area contributed by atoms with E-state index in [1.165, 1.54) is 0 Å². The van der Waals surface area contributed by atoms with E-state index in [9.17, 15) is 0 Å². The molecule has 0 spiro atoms. The maximum atomic E-state index is 5.85. The number of fused-ring (bicyclic) bond motifs is 1. The molecule has 6 nitrogen and oxygen atoms in total. The Balaban J connectivity index is 1.81. The van der Waals surface area contributed by atoms with E-state index in [4.69, 9.17) is 19.9 Å². The first kappa shape index (κ1) is 13.4. The number of pyridine rings is 1. The van der Waals surface area contributed by atoms with Crippen molar-refractivity contribution in [1.82, 2.24) is 4.98 Å². The maximum absolute atomic E-state index is 5.85. The minimum atomic E-state index is 0.0144. The number of hydrogen-bond donors (Lipinski definition) is 2. The summed E-state index contributed by atoms with van der Waals surface area (Å²) in [5, 5.41) is 3.19. The number of anilines is 3. The second kappa shape index (κ2) is 5.40. The van der Waals surface area contributed by atoms with Crippen LogP contribution in [0.5, 0.6) is 17.4 Å². The van der Waals surface area contributed by atoms with Gasteiger partial charge in [-0.2, -0.15) is 4.98 Å². The largest absolute Gasteiger partial charge is 0.473 e. The second-order valence-electron chi connectivity index (χ2n) is 4.95. The summed E-state index contributed by atoms with van der Waals surface area (Å²) >= 11 is 0. The minimum absolute atomic E-state index is 0.0144. The summed E-state index contributed by atoms with van der Waals surface area (Å²) in [5.74, 6) is 2.54. The molecule has 0 fully saturated rings. The lowest BCUT2D eigenvalue weighted by Gasteiger charge is -2.13. The molecular weight excluding hydrogens is 270 g/mol. The van der Waals surface area contributed by atoms with Crippen LogP contribution in [0.3, 0.4) is 0 Å². The molecule has 0 saturated carbocycles. The normalized spacial score (nSPS) is 12.5. The summed E-state index contributed by atoms with van der Waals surface area (Å²) in [7, 11) is 0. The van der Waals surface area contributed by atoms with Crippen LogP contribution in [-0.2, 0) is 0 Å². The summed E-state index contributed by atoms with van der Waals surface area (Å²) in [4.78, 5) is 4.37. The van der Waals surface area contributed by atoms with Crippen LogP contribution in [0.15, 0.2) is 30.3 Å². The number of nitrogens with zero attached hydrogens (tertiary/aromatic N) is 1. The van der Waals surface area contributed by atoms with E-state index >= 15 is 0 Å². The van der Waals surface area contributed by atoms with Crippen LogP contribution in [0.2, 0.25) is 0 Å². The van der Waals surface area contributed by atoms with Gasteiger partial charge in [0.05, 0.1) is 11.8 Å². The fraction of sp³-hybridized carbons (Fsp3) is 0.267. The molecule has 110 valence electrons. The molecule has 1 aliphatic heterocycles. The number of benzene rings is 1. The Labute approximate surface area is 122 Å². The molecule has 0 unspecified atom stereocenters. The van der Waals surface area contributed by atoms with Gasteiger partial charge in [-0.25, -0.2) is 0 Å². The van der Waals surface area contributed by atoms with Gasteiger partial charge in [0, 0.05) is 11.8 Å². The van der Waals surface area contributed by atoms with E-state index in [2.05, 4.69) is 10.3 Å². The van der Waals surface area contributed by atoms with E-state index in [1.54, 1.807) is 12.1 Å². The van der Waals surface area contributed by atoms with Gasteiger partial charge in [-0.1, -0.05) is 0 Å². The number of nitrogens with one attached hydrogen (secondary N) is 1. The van der Waals surface area contributed by atoms with E-state index < -0.39 is 0 Å². The topological polar surface area (TPSA) is 78.6 Å². The second-order valence-corrected chi connectivity index (χ2v) is 4.95. The van der Waals surface area contributed by atoms with Gasteiger partial charge in [0.25, 0.3) is 0 Å². The minimum Gasteiger partial charge on any atom is -0.473 e. The summed E-state index contributed by atoms with van der Waals surface area (Å²) in [5.41, 5.74) is 7.22. The lowest BCUT2D eigenvalue weighted by molar-refractivity contribution is 0.174. The monoisotopic (exact) mass is 287 g/mol. The number of nitrogen functional groups attached to an aromatic ring is 1. The lowest BCUT2D eigenvalue weighted by atomic mass is 10.2. The van der Waals surface area contributed by atoms with Crippen molar-refractivity contribution < 1.29 is 14.2 Å². The molecule has 0 amide bonds. The van der Waals surface area contributed by atoms with Gasteiger partial charge < -0.3 is 25.3 Å². The predicted molar refractivity (Wildman–Crippen MR) is 80.3 cm³/mol.